The molecule has 0 aliphatic heterocycles. The summed E-state index contributed by atoms with van der Waals surface area (Å²) in [5.41, 5.74) is 9.83. The summed E-state index contributed by atoms with van der Waals surface area (Å²) in [6.45, 7) is 72.9. The molecular formula is C66H126O2. The van der Waals surface area contributed by atoms with Crippen molar-refractivity contribution in [3.8, 4) is 0 Å². The van der Waals surface area contributed by atoms with Gasteiger partial charge in [0.05, 0.1) is 19.3 Å². The number of rotatable bonds is 12. The summed E-state index contributed by atoms with van der Waals surface area (Å²) in [5.74, 6) is 0. The number of hydrogen-bond donors (Lipinski definition) is 0. The third kappa shape index (κ3) is 56.9. The first-order valence-electron chi connectivity index (χ1n) is 27.2. The Morgan fingerprint density at radius 2 is 0.647 bits per heavy atom. The summed E-state index contributed by atoms with van der Waals surface area (Å²) in [7, 11) is 0. The predicted molar refractivity (Wildman–Crippen MR) is 312 cm³/mol. The minimum Gasteiger partial charge on any atom is -0.381 e. The Hall–Kier alpha value is -1.64. The van der Waals surface area contributed by atoms with Gasteiger partial charge in [-0.3, -0.25) is 0 Å². The van der Waals surface area contributed by atoms with E-state index in [1.54, 1.807) is 0 Å². The summed E-state index contributed by atoms with van der Waals surface area (Å²) in [6.07, 6.45) is 11.4. The highest BCUT2D eigenvalue weighted by molar-refractivity contribution is 5.29. The van der Waals surface area contributed by atoms with Gasteiger partial charge in [0.25, 0.3) is 0 Å². The van der Waals surface area contributed by atoms with Crippen molar-refractivity contribution in [2.45, 2.75) is 279 Å². The molecule has 402 valence electrons. The molecule has 0 heterocycles. The zero-order chi connectivity index (χ0) is 54.4. The smallest absolute Gasteiger partial charge is 0.0552 e. The van der Waals surface area contributed by atoms with Crippen LogP contribution in [-0.2, 0) is 35.2 Å². The first-order valence-corrected chi connectivity index (χ1v) is 27.2. The van der Waals surface area contributed by atoms with E-state index in [1.807, 2.05) is 0 Å². The SMILES string of the molecule is CC(C)(C)CCCC(C)(C)C.CC(C)(C)CCOCC(C)(C)C.CC(C)(C)Cc1ccc(CC(C)(C)C)cc1.CC(C)(C)Cc1ccccc1CC(C)(C)C.CC(CC(C)(C)C)OCC(C)(C)C. The maximum Gasteiger partial charge on any atom is 0.0552 e. The highest BCUT2D eigenvalue weighted by Crippen LogP contribution is 2.30. The molecule has 2 nitrogen and oxygen atoms in total. The molecule has 0 saturated heterocycles. The highest BCUT2D eigenvalue weighted by atomic mass is 16.5. The zero-order valence-electron chi connectivity index (χ0n) is 52.5. The van der Waals surface area contributed by atoms with Crippen molar-refractivity contribution in [1.82, 2.24) is 0 Å². The van der Waals surface area contributed by atoms with Crippen LogP contribution in [0, 0.1) is 54.1 Å². The van der Waals surface area contributed by atoms with Crippen molar-refractivity contribution in [3.05, 3.63) is 70.8 Å². The third-order valence-corrected chi connectivity index (χ3v) is 10.1. The Bertz CT molecular complexity index is 1430. The lowest BCUT2D eigenvalue weighted by atomic mass is 9.81. The summed E-state index contributed by atoms with van der Waals surface area (Å²) in [5, 5.41) is 0. The number of hydrogen-bond acceptors (Lipinski definition) is 2. The first-order chi connectivity index (χ1) is 29.8. The van der Waals surface area contributed by atoms with Gasteiger partial charge in [-0.15, -0.1) is 0 Å². The van der Waals surface area contributed by atoms with E-state index >= 15 is 0 Å². The average Bonchev–Trinajstić information content (AvgIpc) is 3.03. The first kappa shape index (κ1) is 70.6. The van der Waals surface area contributed by atoms with Crippen LogP contribution in [-0.4, -0.2) is 25.9 Å². The fraction of sp³-hybridized carbons (Fsp3) is 0.818. The van der Waals surface area contributed by atoms with E-state index < -0.39 is 0 Å². The van der Waals surface area contributed by atoms with Gasteiger partial charge >= 0.3 is 0 Å². The van der Waals surface area contributed by atoms with Crippen LogP contribution in [0.3, 0.4) is 0 Å². The fourth-order valence-electron chi connectivity index (χ4n) is 7.26. The van der Waals surface area contributed by atoms with Crippen LogP contribution in [0.15, 0.2) is 48.5 Å². The van der Waals surface area contributed by atoms with Gasteiger partial charge in [-0.1, -0.05) is 263 Å². The molecule has 2 aromatic carbocycles. The van der Waals surface area contributed by atoms with Gasteiger partial charge in [0, 0.05) is 6.61 Å². The zero-order valence-corrected chi connectivity index (χ0v) is 52.5. The van der Waals surface area contributed by atoms with Crippen LogP contribution in [0.5, 0.6) is 0 Å². The Morgan fingerprint density at radius 3 is 0.897 bits per heavy atom. The molecule has 68 heavy (non-hydrogen) atoms. The Balaban J connectivity index is -0.000000784. The van der Waals surface area contributed by atoms with Crippen molar-refractivity contribution in [2.75, 3.05) is 19.8 Å². The van der Waals surface area contributed by atoms with Crippen LogP contribution in [0.25, 0.3) is 0 Å². The summed E-state index contributed by atoms with van der Waals surface area (Å²) < 4.78 is 11.4. The molecule has 2 aromatic rings. The molecule has 1 unspecified atom stereocenters. The van der Waals surface area contributed by atoms with Gasteiger partial charge in [0.15, 0.2) is 0 Å². The second-order valence-corrected chi connectivity index (χ2v) is 32.9. The second kappa shape index (κ2) is 29.8. The number of benzene rings is 2. The standard InChI is InChI=1S/2C16H26.C12H26O.C11H24O.C11H24/c1-15(2,3)11-13-7-9-14(10-8-13)12-16(4,5)6;1-15(2,3)11-13-9-7-8-10-14(13)12-16(4,5)6;1-10(8-11(2,3)4)13-9-12(5,6)7;1-10(2,3)7-8-12-9-11(4,5)6;1-10(2,3)8-7-9-11(4,5)6/h2*7-10H,11-12H2,1-6H3;10H,8-9H2,1-7H3;7-9H2,1-6H3;7-9H2,1-6H3. The van der Waals surface area contributed by atoms with E-state index in [4.69, 9.17) is 9.47 Å². The van der Waals surface area contributed by atoms with Crippen molar-refractivity contribution < 1.29 is 9.47 Å². The molecule has 0 amide bonds. The van der Waals surface area contributed by atoms with E-state index in [1.165, 1.54) is 54.4 Å². The molecule has 1 atom stereocenters. The highest BCUT2D eigenvalue weighted by Gasteiger charge is 2.20. The van der Waals surface area contributed by atoms with Crippen molar-refractivity contribution >= 4 is 0 Å². The molecule has 0 aromatic heterocycles. The summed E-state index contributed by atoms with van der Waals surface area (Å²) in [4.78, 5) is 0. The lowest BCUT2D eigenvalue weighted by Gasteiger charge is -2.26. The summed E-state index contributed by atoms with van der Waals surface area (Å²) >= 11 is 0. The van der Waals surface area contributed by atoms with Gasteiger partial charge < -0.3 is 9.47 Å². The van der Waals surface area contributed by atoms with Gasteiger partial charge in [0.2, 0.25) is 0 Å². The minimum atomic E-state index is 0.284. The summed E-state index contributed by atoms with van der Waals surface area (Å²) in [6, 6.07) is 18.0. The molecule has 0 spiro atoms. The largest absolute Gasteiger partial charge is 0.381 e. The molecular weight excluding hydrogens is 825 g/mol. The van der Waals surface area contributed by atoms with Crippen molar-refractivity contribution in [1.29, 1.82) is 0 Å². The van der Waals surface area contributed by atoms with E-state index in [0.29, 0.717) is 54.8 Å². The van der Waals surface area contributed by atoms with Crippen LogP contribution < -0.4 is 0 Å². The van der Waals surface area contributed by atoms with Gasteiger partial charge in [-0.25, -0.2) is 0 Å². The molecule has 2 heteroatoms. The van der Waals surface area contributed by atoms with Gasteiger partial charge in [-0.2, -0.15) is 0 Å². The van der Waals surface area contributed by atoms with Gasteiger partial charge in [-0.05, 0) is 135 Å². The molecule has 0 N–H and O–H groups in total. The Kier molecular flexibility index (Phi) is 30.9. The number of ether oxygens (including phenoxy) is 2. The van der Waals surface area contributed by atoms with Crippen LogP contribution in [0.4, 0.5) is 0 Å². The fourth-order valence-corrected chi connectivity index (χ4v) is 7.26. The molecule has 0 saturated carbocycles. The molecule has 0 aliphatic carbocycles. The lowest BCUT2D eigenvalue weighted by molar-refractivity contribution is -0.000959. The predicted octanol–water partition coefficient (Wildman–Crippen LogP) is 21.3. The van der Waals surface area contributed by atoms with Crippen LogP contribution in [0.1, 0.15) is 269 Å². The molecule has 0 aliphatic rings. The minimum absolute atomic E-state index is 0.284. The van der Waals surface area contributed by atoms with Crippen LogP contribution in [0.2, 0.25) is 0 Å². The van der Waals surface area contributed by atoms with E-state index in [-0.39, 0.29) is 5.41 Å². The van der Waals surface area contributed by atoms with E-state index in [2.05, 4.69) is 263 Å². The topological polar surface area (TPSA) is 18.5 Å². The lowest BCUT2D eigenvalue weighted by Crippen LogP contribution is -2.23. The quantitative estimate of drug-likeness (QED) is 0.197. The van der Waals surface area contributed by atoms with Crippen LogP contribution >= 0.6 is 0 Å². The Labute approximate surface area is 430 Å². The maximum atomic E-state index is 5.78. The van der Waals surface area contributed by atoms with E-state index in [0.717, 1.165) is 45.5 Å². The third-order valence-electron chi connectivity index (χ3n) is 10.1. The van der Waals surface area contributed by atoms with E-state index in [9.17, 15) is 0 Å². The normalized spacial score (nSPS) is 13.7. The van der Waals surface area contributed by atoms with Crippen molar-refractivity contribution in [3.63, 3.8) is 0 Å². The Morgan fingerprint density at radius 1 is 0.338 bits per heavy atom. The van der Waals surface area contributed by atoms with Crippen molar-refractivity contribution in [2.24, 2.45) is 54.1 Å². The molecule has 0 radical (unpaired) electrons. The average molecular weight is 952 g/mol. The second-order valence-electron chi connectivity index (χ2n) is 32.9. The monoisotopic (exact) mass is 951 g/mol. The molecule has 0 fully saturated rings. The molecule has 2 rings (SSSR count). The molecule has 0 bridgehead atoms. The van der Waals surface area contributed by atoms with Gasteiger partial charge in [0.1, 0.15) is 0 Å². The maximum absolute atomic E-state index is 5.78.